The van der Waals surface area contributed by atoms with Crippen LogP contribution < -0.4 is 5.32 Å². The average Bonchev–Trinajstić information content (AvgIpc) is 2.72. The van der Waals surface area contributed by atoms with Crippen LogP contribution in [0.2, 0.25) is 0 Å². The smallest absolute Gasteiger partial charge is 0.130 e. The molecule has 0 aliphatic rings. The Hall–Kier alpha value is -1.75. The highest BCUT2D eigenvalue weighted by Crippen LogP contribution is 2.18. The maximum absolute atomic E-state index is 13.5. The van der Waals surface area contributed by atoms with Crippen LogP contribution in [0.3, 0.4) is 0 Å². The van der Waals surface area contributed by atoms with Crippen LogP contribution in [0, 0.1) is 11.6 Å². The molecule has 0 saturated heterocycles. The zero-order valence-corrected chi connectivity index (χ0v) is 10.3. The number of aromatic nitrogens is 2. The molecule has 18 heavy (non-hydrogen) atoms. The summed E-state index contributed by atoms with van der Waals surface area (Å²) in [6.07, 6.45) is 1.71. The van der Waals surface area contributed by atoms with E-state index in [1.54, 1.807) is 10.9 Å². The molecule has 96 valence electrons. The Bertz CT molecular complexity index is 537. The van der Waals surface area contributed by atoms with Crippen LogP contribution in [0.5, 0.6) is 0 Å². The Labute approximate surface area is 104 Å². The lowest BCUT2D eigenvalue weighted by Gasteiger charge is -2.15. The Morgan fingerprint density at radius 2 is 2.11 bits per heavy atom. The molecular weight excluding hydrogens is 236 g/mol. The zero-order chi connectivity index (χ0) is 13.1. The Morgan fingerprint density at radius 1 is 1.33 bits per heavy atom. The van der Waals surface area contributed by atoms with Crippen molar-refractivity contribution < 1.29 is 8.78 Å². The van der Waals surface area contributed by atoms with Gasteiger partial charge in [0.15, 0.2) is 0 Å². The highest BCUT2D eigenvalue weighted by Gasteiger charge is 2.11. The maximum atomic E-state index is 13.5. The second kappa shape index (κ2) is 5.27. The molecule has 1 N–H and O–H groups in total. The number of aryl methyl sites for hydroxylation is 1. The lowest BCUT2D eigenvalue weighted by Crippen LogP contribution is -2.20. The average molecular weight is 251 g/mol. The van der Waals surface area contributed by atoms with Gasteiger partial charge in [-0.2, -0.15) is 5.10 Å². The second-order valence-electron chi connectivity index (χ2n) is 4.21. The molecule has 0 bridgehead atoms. The fourth-order valence-corrected chi connectivity index (χ4v) is 1.80. The van der Waals surface area contributed by atoms with Crippen molar-refractivity contribution in [1.29, 1.82) is 0 Å². The summed E-state index contributed by atoms with van der Waals surface area (Å²) in [7, 11) is 1.85. The highest BCUT2D eigenvalue weighted by atomic mass is 19.1. The molecule has 1 aromatic carbocycles. The van der Waals surface area contributed by atoms with Gasteiger partial charge in [-0.1, -0.05) is 6.07 Å². The molecule has 0 aliphatic heterocycles. The summed E-state index contributed by atoms with van der Waals surface area (Å²) in [5, 5.41) is 7.23. The molecule has 1 unspecified atom stereocenters. The zero-order valence-electron chi connectivity index (χ0n) is 10.3. The van der Waals surface area contributed by atoms with E-state index in [9.17, 15) is 8.78 Å². The predicted octanol–water partition coefficient (Wildman–Crippen LogP) is 2.55. The van der Waals surface area contributed by atoms with Gasteiger partial charge in [0, 0.05) is 37.5 Å². The first-order valence-corrected chi connectivity index (χ1v) is 5.73. The summed E-state index contributed by atoms with van der Waals surface area (Å²) in [4.78, 5) is 0. The monoisotopic (exact) mass is 251 g/mol. The van der Waals surface area contributed by atoms with Crippen LogP contribution in [0.1, 0.15) is 24.2 Å². The second-order valence-corrected chi connectivity index (χ2v) is 4.21. The summed E-state index contributed by atoms with van der Waals surface area (Å²) in [5.74, 6) is -1.09. The number of nitrogens with zero attached hydrogens (tertiary/aromatic N) is 2. The van der Waals surface area contributed by atoms with Crippen molar-refractivity contribution in [3.63, 3.8) is 0 Å². The minimum Gasteiger partial charge on any atom is -0.304 e. The van der Waals surface area contributed by atoms with Crippen LogP contribution in [-0.4, -0.2) is 9.78 Å². The van der Waals surface area contributed by atoms with E-state index < -0.39 is 11.6 Å². The molecule has 0 spiro atoms. The van der Waals surface area contributed by atoms with Crippen molar-refractivity contribution in [3.8, 4) is 0 Å². The van der Waals surface area contributed by atoms with Gasteiger partial charge in [-0.05, 0) is 19.1 Å². The van der Waals surface area contributed by atoms with Gasteiger partial charge < -0.3 is 5.32 Å². The predicted molar refractivity (Wildman–Crippen MR) is 64.8 cm³/mol. The molecule has 0 radical (unpaired) electrons. The van der Waals surface area contributed by atoms with Crippen molar-refractivity contribution in [1.82, 2.24) is 15.1 Å². The molecule has 1 heterocycles. The molecule has 0 aliphatic carbocycles. The summed E-state index contributed by atoms with van der Waals surface area (Å²) in [5.41, 5.74) is 1.46. The first-order chi connectivity index (χ1) is 8.58. The number of hydrogen-bond donors (Lipinski definition) is 1. The third-order valence-electron chi connectivity index (χ3n) is 2.94. The van der Waals surface area contributed by atoms with Crippen molar-refractivity contribution >= 4 is 0 Å². The van der Waals surface area contributed by atoms with E-state index in [0.29, 0.717) is 12.1 Å². The van der Waals surface area contributed by atoms with Crippen LogP contribution in [-0.2, 0) is 13.6 Å². The molecule has 0 fully saturated rings. The fraction of sp³-hybridized carbons (Fsp3) is 0.308. The molecular formula is C13H15F2N3. The van der Waals surface area contributed by atoms with Crippen molar-refractivity contribution in [2.45, 2.75) is 19.5 Å². The van der Waals surface area contributed by atoms with Gasteiger partial charge in [-0.3, -0.25) is 4.68 Å². The van der Waals surface area contributed by atoms with E-state index in [-0.39, 0.29) is 6.04 Å². The molecule has 2 aromatic rings. The SMILES string of the molecule is CC(NCc1ccnn1C)c1ccc(F)cc1F. The lowest BCUT2D eigenvalue weighted by molar-refractivity contribution is 0.507. The summed E-state index contributed by atoms with van der Waals surface area (Å²) < 4.78 is 28.1. The molecule has 3 nitrogen and oxygen atoms in total. The molecule has 1 aromatic heterocycles. The molecule has 5 heteroatoms. The van der Waals surface area contributed by atoms with E-state index in [2.05, 4.69) is 10.4 Å². The fourth-order valence-electron chi connectivity index (χ4n) is 1.80. The van der Waals surface area contributed by atoms with Gasteiger partial charge in [0.2, 0.25) is 0 Å². The Morgan fingerprint density at radius 3 is 2.72 bits per heavy atom. The van der Waals surface area contributed by atoms with E-state index in [1.807, 2.05) is 20.0 Å². The Kier molecular flexibility index (Phi) is 3.72. The number of rotatable bonds is 4. The van der Waals surface area contributed by atoms with Crippen LogP contribution in [0.15, 0.2) is 30.5 Å². The normalized spacial score (nSPS) is 12.7. The lowest BCUT2D eigenvalue weighted by atomic mass is 10.1. The van der Waals surface area contributed by atoms with Gasteiger partial charge in [-0.25, -0.2) is 8.78 Å². The molecule has 0 saturated carbocycles. The first-order valence-electron chi connectivity index (χ1n) is 5.73. The molecule has 0 amide bonds. The van der Waals surface area contributed by atoms with Crippen molar-refractivity contribution in [2.75, 3.05) is 0 Å². The van der Waals surface area contributed by atoms with Gasteiger partial charge in [0.25, 0.3) is 0 Å². The third-order valence-corrected chi connectivity index (χ3v) is 2.94. The third kappa shape index (κ3) is 2.73. The van der Waals surface area contributed by atoms with E-state index in [4.69, 9.17) is 0 Å². The van der Waals surface area contributed by atoms with Gasteiger partial charge >= 0.3 is 0 Å². The summed E-state index contributed by atoms with van der Waals surface area (Å²) >= 11 is 0. The van der Waals surface area contributed by atoms with Crippen molar-refractivity contribution in [2.24, 2.45) is 7.05 Å². The molecule has 1 atom stereocenters. The topological polar surface area (TPSA) is 29.9 Å². The van der Waals surface area contributed by atoms with Crippen LogP contribution in [0.4, 0.5) is 8.78 Å². The number of nitrogens with one attached hydrogen (secondary N) is 1. The highest BCUT2D eigenvalue weighted by molar-refractivity contribution is 5.21. The number of benzene rings is 1. The van der Waals surface area contributed by atoms with Gasteiger partial charge in [-0.15, -0.1) is 0 Å². The largest absolute Gasteiger partial charge is 0.304 e. The van der Waals surface area contributed by atoms with Gasteiger partial charge in [0.05, 0.1) is 5.69 Å². The number of hydrogen-bond acceptors (Lipinski definition) is 2. The van der Waals surface area contributed by atoms with Crippen LogP contribution in [0.25, 0.3) is 0 Å². The van der Waals surface area contributed by atoms with E-state index in [0.717, 1.165) is 11.8 Å². The Balaban J connectivity index is 2.03. The van der Waals surface area contributed by atoms with E-state index in [1.165, 1.54) is 12.1 Å². The summed E-state index contributed by atoms with van der Waals surface area (Å²) in [6, 6.07) is 5.32. The van der Waals surface area contributed by atoms with Crippen LogP contribution >= 0.6 is 0 Å². The standard InChI is InChI=1S/C13H15F2N3/c1-9(12-4-3-10(14)7-13(12)15)16-8-11-5-6-17-18(11)2/h3-7,9,16H,8H2,1-2H3. The van der Waals surface area contributed by atoms with Crippen molar-refractivity contribution in [3.05, 3.63) is 53.4 Å². The number of halogens is 2. The minimum atomic E-state index is -0.560. The quantitative estimate of drug-likeness (QED) is 0.905. The van der Waals surface area contributed by atoms with E-state index >= 15 is 0 Å². The summed E-state index contributed by atoms with van der Waals surface area (Å²) in [6.45, 7) is 2.42. The first kappa shape index (κ1) is 12.7. The maximum Gasteiger partial charge on any atom is 0.130 e. The van der Waals surface area contributed by atoms with Gasteiger partial charge in [0.1, 0.15) is 11.6 Å². The molecule has 2 rings (SSSR count). The minimum absolute atomic E-state index is 0.194.